The number of carbonyl (C=O) groups excluding carboxylic acids is 1. The highest BCUT2D eigenvalue weighted by Crippen LogP contribution is 1.81. The van der Waals surface area contributed by atoms with Gasteiger partial charge in [0.2, 0.25) is 0 Å². The summed E-state index contributed by atoms with van der Waals surface area (Å²) in [6, 6.07) is 0. The molecule has 0 aliphatic rings. The molecule has 0 amide bonds. The van der Waals surface area contributed by atoms with Gasteiger partial charge in [-0.25, -0.2) is 4.79 Å². The van der Waals surface area contributed by atoms with Crippen molar-refractivity contribution in [3.63, 3.8) is 0 Å². The summed E-state index contributed by atoms with van der Waals surface area (Å²) in [4.78, 5) is 9.43. The SMILES string of the molecule is O=C(Cl)OCO. The maximum Gasteiger partial charge on any atom is 0.405 e. The van der Waals surface area contributed by atoms with E-state index in [-0.39, 0.29) is 0 Å². The van der Waals surface area contributed by atoms with Crippen LogP contribution in [0.4, 0.5) is 4.79 Å². The molecule has 1 N–H and O–H groups in total. The van der Waals surface area contributed by atoms with Gasteiger partial charge in [-0.3, -0.25) is 0 Å². The van der Waals surface area contributed by atoms with E-state index in [0.717, 1.165) is 0 Å². The number of aliphatic hydroxyl groups is 1. The van der Waals surface area contributed by atoms with Gasteiger partial charge in [-0.1, -0.05) is 0 Å². The highest BCUT2D eigenvalue weighted by atomic mass is 35.5. The van der Waals surface area contributed by atoms with Crippen LogP contribution >= 0.6 is 11.6 Å². The molecule has 0 fully saturated rings. The fraction of sp³-hybridized carbons (Fsp3) is 0.500. The fourth-order valence-corrected chi connectivity index (χ4v) is 0.0995. The van der Waals surface area contributed by atoms with Gasteiger partial charge in [-0.2, -0.15) is 0 Å². The lowest BCUT2D eigenvalue weighted by atomic mass is 11.4. The van der Waals surface area contributed by atoms with Crippen LogP contribution in [-0.2, 0) is 4.74 Å². The molecule has 0 aromatic heterocycles. The standard InChI is InChI=1S/C2H3ClO3/c3-2(5)6-1-4/h4H,1H2. The van der Waals surface area contributed by atoms with Crippen molar-refractivity contribution in [3.05, 3.63) is 0 Å². The fourth-order valence-electron chi connectivity index (χ4n) is 0.0507. The number of hydrogen-bond acceptors (Lipinski definition) is 3. The van der Waals surface area contributed by atoms with Gasteiger partial charge < -0.3 is 9.84 Å². The Labute approximate surface area is 39.5 Å². The van der Waals surface area contributed by atoms with Crippen LogP contribution in [0.3, 0.4) is 0 Å². The molecule has 0 rings (SSSR count). The Morgan fingerprint density at radius 1 is 2.00 bits per heavy atom. The molecule has 0 aromatic rings. The molecule has 0 bridgehead atoms. The molecule has 0 aliphatic carbocycles. The number of halogens is 1. The Morgan fingerprint density at radius 2 is 2.50 bits per heavy atom. The minimum atomic E-state index is -0.988. The smallest absolute Gasteiger partial charge is 0.405 e. The maximum absolute atomic E-state index is 9.43. The van der Waals surface area contributed by atoms with Crippen LogP contribution in [0, 0.1) is 0 Å². The van der Waals surface area contributed by atoms with Crippen LogP contribution in [0.5, 0.6) is 0 Å². The minimum Gasteiger partial charge on any atom is -0.427 e. The van der Waals surface area contributed by atoms with Gasteiger partial charge in [0.05, 0.1) is 0 Å². The summed E-state index contributed by atoms with van der Waals surface area (Å²) in [5.74, 6) is 0. The first-order valence-corrected chi connectivity index (χ1v) is 1.58. The van der Waals surface area contributed by atoms with Crippen LogP contribution < -0.4 is 0 Å². The van der Waals surface area contributed by atoms with Crippen molar-refractivity contribution in [2.75, 3.05) is 6.79 Å². The highest BCUT2D eigenvalue weighted by molar-refractivity contribution is 6.61. The third-order valence-electron chi connectivity index (χ3n) is 0.178. The Kier molecular flexibility index (Phi) is 2.80. The second kappa shape index (κ2) is 2.93. The molecule has 3 nitrogen and oxygen atoms in total. The van der Waals surface area contributed by atoms with Crippen LogP contribution in [-0.4, -0.2) is 17.3 Å². The molecule has 36 valence electrons. The van der Waals surface area contributed by atoms with E-state index < -0.39 is 12.2 Å². The van der Waals surface area contributed by atoms with Crippen molar-refractivity contribution >= 4 is 17.0 Å². The van der Waals surface area contributed by atoms with E-state index in [2.05, 4.69) is 16.3 Å². The van der Waals surface area contributed by atoms with Crippen molar-refractivity contribution in [3.8, 4) is 0 Å². The molecule has 0 atom stereocenters. The van der Waals surface area contributed by atoms with Gasteiger partial charge in [0, 0.05) is 11.6 Å². The van der Waals surface area contributed by atoms with E-state index in [4.69, 9.17) is 5.11 Å². The van der Waals surface area contributed by atoms with E-state index in [1.807, 2.05) is 0 Å². The maximum atomic E-state index is 9.43. The first-order chi connectivity index (χ1) is 2.77. The average Bonchev–Trinajstić information content (AvgIpc) is 1.35. The van der Waals surface area contributed by atoms with Gasteiger partial charge in [-0.05, 0) is 0 Å². The molecule has 4 heteroatoms. The topological polar surface area (TPSA) is 46.5 Å². The van der Waals surface area contributed by atoms with Crippen molar-refractivity contribution in [1.29, 1.82) is 0 Å². The van der Waals surface area contributed by atoms with Crippen LogP contribution in [0.2, 0.25) is 0 Å². The zero-order valence-electron chi connectivity index (χ0n) is 2.85. The molecule has 0 radical (unpaired) electrons. The summed E-state index contributed by atoms with van der Waals surface area (Å²) >= 11 is 4.56. The lowest BCUT2D eigenvalue weighted by Crippen LogP contribution is -1.92. The summed E-state index contributed by atoms with van der Waals surface area (Å²) < 4.78 is 3.72. The zero-order chi connectivity index (χ0) is 4.99. The second-order valence-electron chi connectivity index (χ2n) is 0.511. The number of carbonyl (C=O) groups is 1. The molecular weight excluding hydrogens is 107 g/mol. The molecule has 0 heterocycles. The van der Waals surface area contributed by atoms with E-state index in [0.29, 0.717) is 0 Å². The number of rotatable bonds is 1. The second-order valence-corrected chi connectivity index (χ2v) is 0.820. The quantitative estimate of drug-likeness (QED) is 0.390. The molecule has 0 unspecified atom stereocenters. The first-order valence-electron chi connectivity index (χ1n) is 1.20. The Balaban J connectivity index is 2.83. The molecule has 6 heavy (non-hydrogen) atoms. The predicted molar refractivity (Wildman–Crippen MR) is 19.4 cm³/mol. The summed E-state index contributed by atoms with van der Waals surface area (Å²) in [6.45, 7) is -0.650. The molecule has 0 spiro atoms. The Bertz CT molecular complexity index is 52.8. The summed E-state index contributed by atoms with van der Waals surface area (Å²) in [5.41, 5.74) is -0.988. The largest absolute Gasteiger partial charge is 0.427 e. The molecule has 0 saturated carbocycles. The van der Waals surface area contributed by atoms with Crippen molar-refractivity contribution in [2.45, 2.75) is 0 Å². The molecule has 0 aliphatic heterocycles. The first kappa shape index (κ1) is 5.72. The van der Waals surface area contributed by atoms with Crippen LogP contribution in [0.15, 0.2) is 0 Å². The monoisotopic (exact) mass is 110 g/mol. The minimum absolute atomic E-state index is 0.650. The number of aliphatic hydroxyl groups excluding tert-OH is 1. The van der Waals surface area contributed by atoms with E-state index >= 15 is 0 Å². The van der Waals surface area contributed by atoms with Crippen molar-refractivity contribution in [1.82, 2.24) is 0 Å². The zero-order valence-corrected chi connectivity index (χ0v) is 3.60. The van der Waals surface area contributed by atoms with Gasteiger partial charge in [0.25, 0.3) is 0 Å². The van der Waals surface area contributed by atoms with E-state index in [1.165, 1.54) is 0 Å². The van der Waals surface area contributed by atoms with Crippen LogP contribution in [0.25, 0.3) is 0 Å². The third kappa shape index (κ3) is 3.72. The van der Waals surface area contributed by atoms with Gasteiger partial charge >= 0.3 is 5.43 Å². The summed E-state index contributed by atoms with van der Waals surface area (Å²) in [5, 5.41) is 7.71. The van der Waals surface area contributed by atoms with Crippen molar-refractivity contribution < 1.29 is 14.6 Å². The van der Waals surface area contributed by atoms with E-state index in [1.54, 1.807) is 0 Å². The molecule has 0 aromatic carbocycles. The normalized spacial score (nSPS) is 7.67. The van der Waals surface area contributed by atoms with Gasteiger partial charge in [0.1, 0.15) is 0 Å². The summed E-state index contributed by atoms with van der Waals surface area (Å²) in [6.07, 6.45) is 0. The summed E-state index contributed by atoms with van der Waals surface area (Å²) in [7, 11) is 0. The molecular formula is C2H3ClO3. The van der Waals surface area contributed by atoms with E-state index in [9.17, 15) is 4.79 Å². The Morgan fingerprint density at radius 3 is 2.50 bits per heavy atom. The highest BCUT2D eigenvalue weighted by Gasteiger charge is 1.86. The number of hydrogen-bond donors (Lipinski definition) is 1. The van der Waals surface area contributed by atoms with Crippen molar-refractivity contribution in [2.24, 2.45) is 0 Å². The lowest BCUT2D eigenvalue weighted by molar-refractivity contribution is 0.0595. The molecule has 0 saturated heterocycles. The van der Waals surface area contributed by atoms with Gasteiger partial charge in [0.15, 0.2) is 6.79 Å². The number of ether oxygens (including phenoxy) is 1. The Hall–Kier alpha value is -0.280. The predicted octanol–water partition coefficient (Wildman–Crippen LogP) is 0.312. The average molecular weight is 110 g/mol. The third-order valence-corrected chi connectivity index (χ3v) is 0.287. The van der Waals surface area contributed by atoms with Gasteiger partial charge in [-0.15, -0.1) is 0 Å². The van der Waals surface area contributed by atoms with Crippen LogP contribution in [0.1, 0.15) is 0 Å². The lowest BCUT2D eigenvalue weighted by Gasteiger charge is -1.86.